The Labute approximate surface area is 293 Å². The molecule has 0 radical (unpaired) electrons. The van der Waals surface area contributed by atoms with Crippen molar-refractivity contribution < 1.29 is 88.7 Å². The molecule has 0 aromatic heterocycles. The molecule has 0 saturated heterocycles. The number of rotatable bonds is 6. The van der Waals surface area contributed by atoms with E-state index in [9.17, 15) is 50.5 Å². The molecular formula is H11Na5O21S6. The first kappa shape index (κ1) is 56.5. The molecule has 0 aromatic rings. The van der Waals surface area contributed by atoms with Gasteiger partial charge in [-0.3, -0.25) is 27.3 Å². The van der Waals surface area contributed by atoms with Gasteiger partial charge in [-0.2, -0.15) is 50.5 Å². The molecule has 0 fully saturated rings. The van der Waals surface area contributed by atoms with Gasteiger partial charge in [0.1, 0.15) is 0 Å². The molecule has 0 aliphatic carbocycles. The van der Waals surface area contributed by atoms with E-state index in [-0.39, 0.29) is 148 Å². The first-order valence-electron chi connectivity index (χ1n) is 4.10. The van der Waals surface area contributed by atoms with Gasteiger partial charge in [-0.1, -0.05) is 0 Å². The second-order valence-electron chi connectivity index (χ2n) is 2.77. The first-order chi connectivity index (χ1) is 11.1. The molecule has 21 nitrogen and oxygen atoms in total. The minimum absolute atomic E-state index is 0. The van der Waals surface area contributed by atoms with E-state index in [1.165, 1.54) is 0 Å². The summed E-state index contributed by atoms with van der Waals surface area (Å²) in [6.45, 7) is 0. The molecule has 0 aromatic carbocycles. The Morgan fingerprint density at radius 3 is 0.344 bits per heavy atom. The molecule has 0 rings (SSSR count). The van der Waals surface area contributed by atoms with E-state index in [2.05, 4.69) is 10.9 Å². The molecule has 0 saturated carbocycles. The van der Waals surface area contributed by atoms with E-state index in [4.69, 9.17) is 27.3 Å². The zero-order valence-electron chi connectivity index (χ0n) is 11.3. The summed E-state index contributed by atoms with van der Waals surface area (Å²) < 4.78 is 167. The molecule has 0 heterocycles. The van der Waals surface area contributed by atoms with Crippen LogP contribution in [0.25, 0.3) is 0 Å². The summed E-state index contributed by atoms with van der Waals surface area (Å²) in [6, 6.07) is 0. The fourth-order valence-corrected chi connectivity index (χ4v) is 2.93. The summed E-state index contributed by atoms with van der Waals surface area (Å²) in [7, 11) is -30.7. The van der Waals surface area contributed by atoms with Crippen LogP contribution in [-0.2, 0) is 73.3 Å². The molecule has 0 spiro atoms. The van der Waals surface area contributed by atoms with Gasteiger partial charge in [-0.15, -0.1) is 10.9 Å². The topological polar surface area (TPSA) is 354 Å². The van der Waals surface area contributed by atoms with Crippen LogP contribution in [0.1, 0.15) is 0 Å². The van der Waals surface area contributed by atoms with Crippen LogP contribution in [0.3, 0.4) is 0 Å². The normalized spacial score (nSPS) is 11.4. The van der Waals surface area contributed by atoms with E-state index in [0.717, 1.165) is 0 Å². The van der Waals surface area contributed by atoms with E-state index >= 15 is 0 Å². The molecule has 0 bridgehead atoms. The Bertz CT molecular complexity index is 864. The van der Waals surface area contributed by atoms with Crippen LogP contribution >= 0.6 is 0 Å². The second-order valence-corrected chi connectivity index (χ2v) is 9.54. The standard InChI is InChI=1S/5Na.3H2O7S2.5H/c;;;;;3*1-8(2,3)7-9(4,5)6;;;;;/h;;;;;3*(H,1,2,3)(H,4,5,6);;;;;. The van der Waals surface area contributed by atoms with Gasteiger partial charge in [0.25, 0.3) is 0 Å². The quantitative estimate of drug-likeness (QED) is 0.114. The fraction of sp³-hybridized carbons (Fsp3) is 0. The molecule has 178 valence electrons. The third-order valence-corrected chi connectivity index (χ3v) is 4.64. The van der Waals surface area contributed by atoms with E-state index in [1.807, 2.05) is 0 Å². The average Bonchev–Trinajstić information content (AvgIpc) is 1.96. The Morgan fingerprint density at radius 1 is 0.281 bits per heavy atom. The summed E-state index contributed by atoms with van der Waals surface area (Å²) in [5, 5.41) is 0. The molecule has 32 heavy (non-hydrogen) atoms. The summed E-state index contributed by atoms with van der Waals surface area (Å²) in [5.74, 6) is 0. The van der Waals surface area contributed by atoms with Crippen molar-refractivity contribution in [3.63, 3.8) is 0 Å². The summed E-state index contributed by atoms with van der Waals surface area (Å²) >= 11 is 0. The van der Waals surface area contributed by atoms with Crippen molar-refractivity contribution in [1.82, 2.24) is 0 Å². The molecule has 0 aliphatic rings. The van der Waals surface area contributed by atoms with Crippen LogP contribution in [0.5, 0.6) is 0 Å². The van der Waals surface area contributed by atoms with Crippen LogP contribution in [0.4, 0.5) is 0 Å². The van der Waals surface area contributed by atoms with Crippen molar-refractivity contribution in [2.75, 3.05) is 0 Å². The van der Waals surface area contributed by atoms with Crippen LogP contribution in [0.2, 0.25) is 0 Å². The zero-order chi connectivity index (χ0) is 23.1. The second kappa shape index (κ2) is 22.2. The molecule has 0 unspecified atom stereocenters. The van der Waals surface area contributed by atoms with Crippen molar-refractivity contribution in [3.8, 4) is 0 Å². The number of hydrogen-bond donors (Lipinski definition) is 6. The summed E-state index contributed by atoms with van der Waals surface area (Å²) in [4.78, 5) is 0. The predicted octanol–water partition coefficient (Wildman–Crippen LogP) is -7.42. The van der Waals surface area contributed by atoms with Crippen LogP contribution in [0, 0.1) is 0 Å². The third-order valence-electron chi connectivity index (χ3n) is 0.516. The average molecular weight is 654 g/mol. The molecular weight excluding hydrogens is 643 g/mol. The van der Waals surface area contributed by atoms with E-state index < -0.39 is 62.4 Å². The Kier molecular flexibility index (Phi) is 39.2. The van der Waals surface area contributed by atoms with Crippen molar-refractivity contribution >= 4 is 210 Å². The molecule has 0 aliphatic heterocycles. The van der Waals surface area contributed by atoms with Gasteiger partial charge < -0.3 is 0 Å². The van der Waals surface area contributed by atoms with Gasteiger partial charge >= 0.3 is 210 Å². The van der Waals surface area contributed by atoms with Crippen LogP contribution in [-0.4, -0.2) is 226 Å². The molecule has 0 atom stereocenters. The van der Waals surface area contributed by atoms with Gasteiger partial charge in [0.15, 0.2) is 0 Å². The Morgan fingerprint density at radius 2 is 0.344 bits per heavy atom. The first-order valence-corrected chi connectivity index (χ1v) is 12.3. The van der Waals surface area contributed by atoms with E-state index in [1.54, 1.807) is 0 Å². The maximum atomic E-state index is 9.44. The van der Waals surface area contributed by atoms with Crippen LogP contribution < -0.4 is 0 Å². The van der Waals surface area contributed by atoms with E-state index in [0.29, 0.717) is 0 Å². The van der Waals surface area contributed by atoms with Crippen molar-refractivity contribution in [3.05, 3.63) is 0 Å². The Hall–Kier alpha value is 4.34. The SMILES string of the molecule is O=S(=O)(O)OS(=O)(=O)O.O=S(=O)(O)OS(=O)(=O)O.O=S(=O)(O)OS(=O)(=O)O.[NaH].[NaH].[NaH].[NaH].[NaH]. The van der Waals surface area contributed by atoms with Gasteiger partial charge in [-0.25, -0.2) is 0 Å². The predicted molar refractivity (Wildman–Crippen MR) is 108 cm³/mol. The van der Waals surface area contributed by atoms with Gasteiger partial charge in [-0.05, 0) is 0 Å². The summed E-state index contributed by atoms with van der Waals surface area (Å²) in [6.07, 6.45) is 0. The molecule has 32 heteroatoms. The molecule has 6 N–H and O–H groups in total. The summed E-state index contributed by atoms with van der Waals surface area (Å²) in [5.41, 5.74) is 0. The number of hydrogen-bond acceptors (Lipinski definition) is 15. The third kappa shape index (κ3) is 76.5. The van der Waals surface area contributed by atoms with Gasteiger partial charge in [0, 0.05) is 0 Å². The maximum absolute atomic E-state index is 9.44. The van der Waals surface area contributed by atoms with Crippen molar-refractivity contribution in [1.29, 1.82) is 0 Å². The van der Waals surface area contributed by atoms with Gasteiger partial charge in [0.05, 0.1) is 0 Å². The van der Waals surface area contributed by atoms with Crippen molar-refractivity contribution in [2.24, 2.45) is 0 Å². The minimum atomic E-state index is -5.12. The van der Waals surface area contributed by atoms with Crippen LogP contribution in [0.15, 0.2) is 0 Å². The monoisotopic (exact) mass is 654 g/mol. The molecule has 0 amide bonds. The zero-order valence-corrected chi connectivity index (χ0v) is 16.2. The fourth-order valence-electron chi connectivity index (χ4n) is 0.326. The van der Waals surface area contributed by atoms with Gasteiger partial charge in [0.2, 0.25) is 0 Å². The Balaban J connectivity index is -0.0000000417. The van der Waals surface area contributed by atoms with Crippen molar-refractivity contribution in [2.45, 2.75) is 0 Å².